The van der Waals surface area contributed by atoms with Gasteiger partial charge in [0.05, 0.1) is 18.0 Å². The van der Waals surface area contributed by atoms with Gasteiger partial charge < -0.3 is 5.32 Å². The predicted octanol–water partition coefficient (Wildman–Crippen LogP) is 2.12. The molecule has 0 amide bonds. The summed E-state index contributed by atoms with van der Waals surface area (Å²) in [6.07, 6.45) is 1.52. The highest BCUT2D eigenvalue weighted by atomic mass is 16.6. The summed E-state index contributed by atoms with van der Waals surface area (Å²) in [6.45, 7) is 7.42. The van der Waals surface area contributed by atoms with Crippen LogP contribution in [-0.4, -0.2) is 25.2 Å². The van der Waals surface area contributed by atoms with Gasteiger partial charge in [0.1, 0.15) is 12.2 Å². The first-order valence-corrected chi connectivity index (χ1v) is 6.70. The van der Waals surface area contributed by atoms with E-state index in [-0.39, 0.29) is 11.2 Å². The Labute approximate surface area is 123 Å². The monoisotopic (exact) mass is 289 g/mol. The van der Waals surface area contributed by atoms with E-state index in [0.717, 1.165) is 11.4 Å². The van der Waals surface area contributed by atoms with Gasteiger partial charge >= 0.3 is 0 Å². The van der Waals surface area contributed by atoms with E-state index in [2.05, 4.69) is 36.2 Å². The second-order valence-corrected chi connectivity index (χ2v) is 5.86. The highest BCUT2D eigenvalue weighted by Gasteiger charge is 2.12. The lowest BCUT2D eigenvalue weighted by molar-refractivity contribution is -0.384. The molecule has 7 nitrogen and oxygen atoms in total. The number of non-ortho nitro benzene ring substituents is 1. The molecular weight excluding hydrogens is 270 g/mol. The average Bonchev–Trinajstić information content (AvgIpc) is 2.83. The maximum Gasteiger partial charge on any atom is 0.269 e. The molecular formula is C14H19N5O2. The second-order valence-electron chi connectivity index (χ2n) is 5.86. The normalized spacial score (nSPS) is 11.6. The Balaban J connectivity index is 2.06. The summed E-state index contributed by atoms with van der Waals surface area (Å²) < 4.78 is 1.79. The van der Waals surface area contributed by atoms with E-state index in [1.807, 2.05) is 0 Å². The van der Waals surface area contributed by atoms with Crippen molar-refractivity contribution in [2.45, 2.75) is 39.4 Å². The standard InChI is InChI=1S/C14H19N5O2/c1-14(2,3)16-8-13-15-10-17-18(13)9-11-4-6-12(7-5-11)19(20)21/h4-7,10,16H,8-9H2,1-3H3. The van der Waals surface area contributed by atoms with Crippen LogP contribution in [0.4, 0.5) is 5.69 Å². The third-order valence-electron chi connectivity index (χ3n) is 2.95. The molecule has 2 rings (SSSR count). The number of nitro benzene ring substituents is 1. The van der Waals surface area contributed by atoms with Crippen LogP contribution in [0.1, 0.15) is 32.2 Å². The van der Waals surface area contributed by atoms with Gasteiger partial charge in [0.15, 0.2) is 0 Å². The zero-order valence-electron chi connectivity index (χ0n) is 12.4. The maximum absolute atomic E-state index is 10.6. The third-order valence-corrected chi connectivity index (χ3v) is 2.95. The Morgan fingerprint density at radius 2 is 1.95 bits per heavy atom. The molecule has 0 aliphatic heterocycles. The summed E-state index contributed by atoms with van der Waals surface area (Å²) in [7, 11) is 0. The molecule has 21 heavy (non-hydrogen) atoms. The van der Waals surface area contributed by atoms with Crippen LogP contribution in [-0.2, 0) is 13.1 Å². The number of nitro groups is 1. The van der Waals surface area contributed by atoms with Gasteiger partial charge in [-0.15, -0.1) is 0 Å². The van der Waals surface area contributed by atoms with E-state index in [9.17, 15) is 10.1 Å². The SMILES string of the molecule is CC(C)(C)NCc1ncnn1Cc1ccc([N+](=O)[O-])cc1. The Morgan fingerprint density at radius 3 is 2.52 bits per heavy atom. The van der Waals surface area contributed by atoms with Crippen molar-refractivity contribution in [3.63, 3.8) is 0 Å². The van der Waals surface area contributed by atoms with Crippen LogP contribution in [0.15, 0.2) is 30.6 Å². The number of nitrogens with zero attached hydrogens (tertiary/aromatic N) is 4. The van der Waals surface area contributed by atoms with Gasteiger partial charge in [-0.3, -0.25) is 10.1 Å². The summed E-state index contributed by atoms with van der Waals surface area (Å²) in [5.41, 5.74) is 1.04. The molecule has 0 spiro atoms. The van der Waals surface area contributed by atoms with E-state index in [0.29, 0.717) is 13.1 Å². The van der Waals surface area contributed by atoms with Crippen molar-refractivity contribution >= 4 is 5.69 Å². The van der Waals surface area contributed by atoms with Crippen molar-refractivity contribution in [2.24, 2.45) is 0 Å². The van der Waals surface area contributed by atoms with Gasteiger partial charge in [-0.05, 0) is 26.3 Å². The number of hydrogen-bond acceptors (Lipinski definition) is 5. The van der Waals surface area contributed by atoms with Crippen LogP contribution >= 0.6 is 0 Å². The maximum atomic E-state index is 10.6. The molecule has 0 saturated heterocycles. The molecule has 1 heterocycles. The molecule has 0 bridgehead atoms. The fourth-order valence-corrected chi connectivity index (χ4v) is 1.80. The molecule has 0 aliphatic carbocycles. The van der Waals surface area contributed by atoms with Crippen LogP contribution in [0.5, 0.6) is 0 Å². The molecule has 2 aromatic rings. The van der Waals surface area contributed by atoms with E-state index in [1.165, 1.54) is 18.5 Å². The number of rotatable bonds is 5. The van der Waals surface area contributed by atoms with Gasteiger partial charge in [0, 0.05) is 17.7 Å². The number of benzene rings is 1. The van der Waals surface area contributed by atoms with Crippen molar-refractivity contribution in [3.05, 3.63) is 52.1 Å². The minimum Gasteiger partial charge on any atom is -0.305 e. The lowest BCUT2D eigenvalue weighted by atomic mass is 10.1. The quantitative estimate of drug-likeness (QED) is 0.673. The van der Waals surface area contributed by atoms with Gasteiger partial charge in [-0.2, -0.15) is 5.10 Å². The second kappa shape index (κ2) is 6.01. The minimum atomic E-state index is -0.405. The fourth-order valence-electron chi connectivity index (χ4n) is 1.80. The third kappa shape index (κ3) is 4.35. The number of aromatic nitrogens is 3. The highest BCUT2D eigenvalue weighted by molar-refractivity contribution is 5.32. The summed E-state index contributed by atoms with van der Waals surface area (Å²) in [6, 6.07) is 6.47. The van der Waals surface area contributed by atoms with Crippen LogP contribution in [0, 0.1) is 10.1 Å². The van der Waals surface area contributed by atoms with Crippen molar-refractivity contribution in [2.75, 3.05) is 0 Å². The van der Waals surface area contributed by atoms with Gasteiger partial charge in [-0.25, -0.2) is 9.67 Å². The highest BCUT2D eigenvalue weighted by Crippen LogP contribution is 2.13. The Morgan fingerprint density at radius 1 is 1.29 bits per heavy atom. The molecule has 1 aromatic heterocycles. The smallest absolute Gasteiger partial charge is 0.269 e. The molecule has 112 valence electrons. The molecule has 0 unspecified atom stereocenters. The van der Waals surface area contributed by atoms with Crippen molar-refractivity contribution in [1.29, 1.82) is 0 Å². The summed E-state index contributed by atoms with van der Waals surface area (Å²) in [5, 5.41) is 18.2. The van der Waals surface area contributed by atoms with Crippen molar-refractivity contribution < 1.29 is 4.92 Å². The van der Waals surface area contributed by atoms with Crippen LogP contribution in [0.3, 0.4) is 0 Å². The largest absolute Gasteiger partial charge is 0.305 e. The van der Waals surface area contributed by atoms with Gasteiger partial charge in [0.25, 0.3) is 5.69 Å². The molecule has 7 heteroatoms. The summed E-state index contributed by atoms with van der Waals surface area (Å²) in [5.74, 6) is 0.836. The van der Waals surface area contributed by atoms with E-state index in [1.54, 1.807) is 16.8 Å². The zero-order valence-corrected chi connectivity index (χ0v) is 12.4. The molecule has 0 atom stereocenters. The molecule has 0 saturated carbocycles. The first kappa shape index (κ1) is 15.1. The lowest BCUT2D eigenvalue weighted by Crippen LogP contribution is -2.36. The first-order chi connectivity index (χ1) is 9.85. The Bertz CT molecular complexity index is 613. The lowest BCUT2D eigenvalue weighted by Gasteiger charge is -2.20. The summed E-state index contributed by atoms with van der Waals surface area (Å²) >= 11 is 0. The molecule has 0 aliphatic rings. The van der Waals surface area contributed by atoms with Crippen LogP contribution in [0.25, 0.3) is 0 Å². The first-order valence-electron chi connectivity index (χ1n) is 6.70. The van der Waals surface area contributed by atoms with Crippen molar-refractivity contribution in [3.8, 4) is 0 Å². The number of nitrogens with one attached hydrogen (secondary N) is 1. The van der Waals surface area contributed by atoms with Crippen molar-refractivity contribution in [1.82, 2.24) is 20.1 Å². The van der Waals surface area contributed by atoms with E-state index in [4.69, 9.17) is 0 Å². The molecule has 0 fully saturated rings. The minimum absolute atomic E-state index is 0.00411. The molecule has 1 aromatic carbocycles. The zero-order chi connectivity index (χ0) is 15.5. The molecule has 1 N–H and O–H groups in total. The molecule has 0 radical (unpaired) electrons. The van der Waals surface area contributed by atoms with Gasteiger partial charge in [-0.1, -0.05) is 12.1 Å². The van der Waals surface area contributed by atoms with Crippen LogP contribution in [0.2, 0.25) is 0 Å². The van der Waals surface area contributed by atoms with E-state index >= 15 is 0 Å². The topological polar surface area (TPSA) is 85.9 Å². The fraction of sp³-hybridized carbons (Fsp3) is 0.429. The van der Waals surface area contributed by atoms with Gasteiger partial charge in [0.2, 0.25) is 0 Å². The van der Waals surface area contributed by atoms with E-state index < -0.39 is 4.92 Å². The van der Waals surface area contributed by atoms with Crippen LogP contribution < -0.4 is 5.32 Å². The Kier molecular flexibility index (Phi) is 4.32. The average molecular weight is 289 g/mol. The number of hydrogen-bond donors (Lipinski definition) is 1. The Hall–Kier alpha value is -2.28. The summed E-state index contributed by atoms with van der Waals surface area (Å²) in [4.78, 5) is 14.5. The predicted molar refractivity (Wildman–Crippen MR) is 78.8 cm³/mol.